The number of likely N-dealkylation sites (tertiary alicyclic amines) is 1. The molecule has 2 heterocycles. The summed E-state index contributed by atoms with van der Waals surface area (Å²) in [5, 5.41) is 9.29. The number of aliphatic carboxylic acids is 1. The summed E-state index contributed by atoms with van der Waals surface area (Å²) in [6.07, 6.45) is 5.43. The van der Waals surface area contributed by atoms with Crippen molar-refractivity contribution in [3.63, 3.8) is 0 Å². The third-order valence-corrected chi connectivity index (χ3v) is 4.02. The van der Waals surface area contributed by atoms with Crippen molar-refractivity contribution in [2.75, 3.05) is 6.54 Å². The van der Waals surface area contributed by atoms with Gasteiger partial charge in [0.05, 0.1) is 6.20 Å². The first-order valence-corrected chi connectivity index (χ1v) is 7.87. The third kappa shape index (κ3) is 3.53. The topological polar surface area (TPSA) is 79.7 Å². The van der Waals surface area contributed by atoms with Crippen molar-refractivity contribution in [3.05, 3.63) is 54.4 Å². The fourth-order valence-corrected chi connectivity index (χ4v) is 2.81. The average molecular weight is 326 g/mol. The molecule has 1 aliphatic heterocycles. The second kappa shape index (κ2) is 7.12. The Morgan fingerprint density at radius 3 is 2.58 bits per heavy atom. The van der Waals surface area contributed by atoms with Crippen LogP contribution >= 0.6 is 0 Å². The SMILES string of the molecule is O=C(O)[C@H]1CCCCN1C(=O)c1ccc(Oc2cccnc2)cc1. The second-order valence-corrected chi connectivity index (χ2v) is 5.66. The normalized spacial score (nSPS) is 17.3. The van der Waals surface area contributed by atoms with E-state index in [4.69, 9.17) is 4.74 Å². The lowest BCUT2D eigenvalue weighted by atomic mass is 10.0. The van der Waals surface area contributed by atoms with E-state index in [1.807, 2.05) is 0 Å². The summed E-state index contributed by atoms with van der Waals surface area (Å²) in [5.41, 5.74) is 0.460. The number of pyridine rings is 1. The fourth-order valence-electron chi connectivity index (χ4n) is 2.81. The molecule has 1 atom stereocenters. The fraction of sp³-hybridized carbons (Fsp3) is 0.278. The van der Waals surface area contributed by atoms with Crippen molar-refractivity contribution in [2.24, 2.45) is 0 Å². The van der Waals surface area contributed by atoms with Crippen molar-refractivity contribution in [1.82, 2.24) is 9.88 Å². The minimum atomic E-state index is -0.945. The van der Waals surface area contributed by atoms with Crippen LogP contribution < -0.4 is 4.74 Å². The zero-order valence-corrected chi connectivity index (χ0v) is 13.1. The Morgan fingerprint density at radius 1 is 1.12 bits per heavy atom. The van der Waals surface area contributed by atoms with Gasteiger partial charge in [-0.15, -0.1) is 0 Å². The van der Waals surface area contributed by atoms with E-state index in [0.717, 1.165) is 12.8 Å². The van der Waals surface area contributed by atoms with Crippen molar-refractivity contribution in [1.29, 1.82) is 0 Å². The molecule has 1 N–H and O–H groups in total. The molecular formula is C18H18N2O4. The Morgan fingerprint density at radius 2 is 1.92 bits per heavy atom. The summed E-state index contributed by atoms with van der Waals surface area (Å²) in [6.45, 7) is 0.476. The Kier molecular flexibility index (Phi) is 4.74. The molecule has 1 aromatic heterocycles. The predicted octanol–water partition coefficient (Wildman–Crippen LogP) is 2.95. The number of amides is 1. The monoisotopic (exact) mass is 326 g/mol. The van der Waals surface area contributed by atoms with Crippen molar-refractivity contribution < 1.29 is 19.4 Å². The minimum Gasteiger partial charge on any atom is -0.480 e. The first-order chi connectivity index (χ1) is 11.6. The van der Waals surface area contributed by atoms with Gasteiger partial charge in [-0.25, -0.2) is 4.79 Å². The molecule has 1 fully saturated rings. The van der Waals surface area contributed by atoms with E-state index in [0.29, 0.717) is 30.0 Å². The molecule has 6 heteroatoms. The van der Waals surface area contributed by atoms with Crippen LogP contribution in [0.25, 0.3) is 0 Å². The lowest BCUT2D eigenvalue weighted by Crippen LogP contribution is -2.47. The maximum Gasteiger partial charge on any atom is 0.326 e. The predicted molar refractivity (Wildman–Crippen MR) is 87.1 cm³/mol. The molecule has 1 saturated heterocycles. The molecule has 1 amide bonds. The molecule has 0 aliphatic carbocycles. The van der Waals surface area contributed by atoms with Crippen LogP contribution in [0.5, 0.6) is 11.5 Å². The molecule has 2 aromatic rings. The second-order valence-electron chi connectivity index (χ2n) is 5.66. The summed E-state index contributed by atoms with van der Waals surface area (Å²) < 4.78 is 5.64. The van der Waals surface area contributed by atoms with E-state index in [2.05, 4.69) is 4.98 Å². The summed E-state index contributed by atoms with van der Waals surface area (Å²) >= 11 is 0. The van der Waals surface area contributed by atoms with Gasteiger partial charge in [0, 0.05) is 18.3 Å². The van der Waals surface area contributed by atoms with E-state index in [1.165, 1.54) is 4.90 Å². The highest BCUT2D eigenvalue weighted by Crippen LogP contribution is 2.23. The number of benzene rings is 1. The highest BCUT2D eigenvalue weighted by molar-refractivity contribution is 5.96. The lowest BCUT2D eigenvalue weighted by molar-refractivity contribution is -0.143. The number of carboxylic acid groups (broad SMARTS) is 1. The number of piperidine rings is 1. The quantitative estimate of drug-likeness (QED) is 0.934. The number of carbonyl (C=O) groups excluding carboxylic acids is 1. The summed E-state index contributed by atoms with van der Waals surface area (Å²) in [7, 11) is 0. The number of hydrogen-bond acceptors (Lipinski definition) is 4. The van der Waals surface area contributed by atoms with Crippen LogP contribution in [0.3, 0.4) is 0 Å². The van der Waals surface area contributed by atoms with Gasteiger partial charge in [0.15, 0.2) is 0 Å². The molecule has 0 unspecified atom stereocenters. The van der Waals surface area contributed by atoms with Gasteiger partial charge in [-0.05, 0) is 55.7 Å². The molecule has 6 nitrogen and oxygen atoms in total. The largest absolute Gasteiger partial charge is 0.480 e. The molecule has 0 spiro atoms. The van der Waals surface area contributed by atoms with Crippen LogP contribution in [-0.4, -0.2) is 39.5 Å². The number of hydrogen-bond donors (Lipinski definition) is 1. The van der Waals surface area contributed by atoms with Gasteiger partial charge < -0.3 is 14.7 Å². The van der Waals surface area contributed by atoms with Crippen LogP contribution in [0, 0.1) is 0 Å². The minimum absolute atomic E-state index is 0.255. The molecule has 1 aliphatic rings. The van der Waals surface area contributed by atoms with E-state index < -0.39 is 12.0 Å². The van der Waals surface area contributed by atoms with Crippen LogP contribution in [0.15, 0.2) is 48.8 Å². The van der Waals surface area contributed by atoms with Crippen molar-refractivity contribution >= 4 is 11.9 Å². The van der Waals surface area contributed by atoms with E-state index >= 15 is 0 Å². The highest BCUT2D eigenvalue weighted by atomic mass is 16.5. The molecule has 24 heavy (non-hydrogen) atoms. The molecule has 124 valence electrons. The standard InChI is InChI=1S/C18H18N2O4/c21-17(20-11-2-1-5-16(20)18(22)23)13-6-8-14(9-7-13)24-15-4-3-10-19-12-15/h3-4,6-10,12,16H,1-2,5,11H2,(H,22,23)/t16-/m1/s1. The van der Waals surface area contributed by atoms with Crippen molar-refractivity contribution in [2.45, 2.75) is 25.3 Å². The number of nitrogens with zero attached hydrogens (tertiary/aromatic N) is 2. The van der Waals surface area contributed by atoms with Gasteiger partial charge >= 0.3 is 5.97 Å². The maximum absolute atomic E-state index is 12.6. The molecule has 0 radical (unpaired) electrons. The van der Waals surface area contributed by atoms with Gasteiger partial charge in [0.25, 0.3) is 5.91 Å². The van der Waals surface area contributed by atoms with Gasteiger partial charge in [-0.3, -0.25) is 9.78 Å². The average Bonchev–Trinajstić information content (AvgIpc) is 2.62. The van der Waals surface area contributed by atoms with E-state index in [9.17, 15) is 14.7 Å². The Hall–Kier alpha value is -2.89. The number of ether oxygens (including phenoxy) is 1. The first-order valence-electron chi connectivity index (χ1n) is 7.87. The van der Waals surface area contributed by atoms with Gasteiger partial charge in [0.2, 0.25) is 0 Å². The smallest absolute Gasteiger partial charge is 0.326 e. The van der Waals surface area contributed by atoms with Crippen LogP contribution in [0.4, 0.5) is 0 Å². The molecular weight excluding hydrogens is 308 g/mol. The zero-order valence-electron chi connectivity index (χ0n) is 13.1. The molecule has 0 bridgehead atoms. The van der Waals surface area contributed by atoms with Gasteiger partial charge in [0.1, 0.15) is 17.5 Å². The molecule has 3 rings (SSSR count). The molecule has 1 aromatic carbocycles. The van der Waals surface area contributed by atoms with Crippen LogP contribution in [0.2, 0.25) is 0 Å². The van der Waals surface area contributed by atoms with Gasteiger partial charge in [-0.1, -0.05) is 0 Å². The Labute approximate surface area is 139 Å². The third-order valence-electron chi connectivity index (χ3n) is 4.02. The number of rotatable bonds is 4. The molecule has 0 saturated carbocycles. The maximum atomic E-state index is 12.6. The zero-order chi connectivity index (χ0) is 16.9. The summed E-state index contributed by atoms with van der Waals surface area (Å²) in [5.74, 6) is 0.00105. The van der Waals surface area contributed by atoms with E-state index in [1.54, 1.807) is 48.8 Å². The van der Waals surface area contributed by atoms with Crippen LogP contribution in [0.1, 0.15) is 29.6 Å². The summed E-state index contributed by atoms with van der Waals surface area (Å²) in [4.78, 5) is 29.4. The van der Waals surface area contributed by atoms with Gasteiger partial charge in [-0.2, -0.15) is 0 Å². The van der Waals surface area contributed by atoms with E-state index in [-0.39, 0.29) is 5.91 Å². The van der Waals surface area contributed by atoms with Crippen molar-refractivity contribution in [3.8, 4) is 11.5 Å². The first kappa shape index (κ1) is 16.0. The van der Waals surface area contributed by atoms with Crippen LogP contribution in [-0.2, 0) is 4.79 Å². The number of carboxylic acids is 1. The number of aromatic nitrogens is 1. The Bertz CT molecular complexity index is 716. The summed E-state index contributed by atoms with van der Waals surface area (Å²) in [6, 6.07) is 9.52. The number of carbonyl (C=O) groups is 2. The Balaban J connectivity index is 1.72. The lowest BCUT2D eigenvalue weighted by Gasteiger charge is -2.33. The highest BCUT2D eigenvalue weighted by Gasteiger charge is 2.32.